The van der Waals surface area contributed by atoms with Crippen LogP contribution in [0.3, 0.4) is 0 Å². The molecule has 0 spiro atoms. The van der Waals surface area contributed by atoms with Gasteiger partial charge in [-0.2, -0.15) is 0 Å². The molecule has 7 heteroatoms. The number of rotatable bonds is 9. The molecule has 0 unspecified atom stereocenters. The number of phenols is 1. The molecule has 3 N–H and O–H groups in total. The summed E-state index contributed by atoms with van der Waals surface area (Å²) in [7, 11) is 0. The van der Waals surface area contributed by atoms with Crippen molar-refractivity contribution in [2.75, 3.05) is 32.8 Å². The largest absolute Gasteiger partial charge is 0.507 e. The van der Waals surface area contributed by atoms with Gasteiger partial charge in [0, 0.05) is 31.7 Å². The quantitative estimate of drug-likeness (QED) is 0.467. The average molecular weight is 480 g/mol. The highest BCUT2D eigenvalue weighted by molar-refractivity contribution is 5.87. The number of nitrogens with one attached hydrogen (secondary N) is 2. The van der Waals surface area contributed by atoms with Crippen molar-refractivity contribution in [3.05, 3.63) is 65.7 Å². The highest BCUT2D eigenvalue weighted by Crippen LogP contribution is 2.37. The summed E-state index contributed by atoms with van der Waals surface area (Å²) >= 11 is 0. The molecule has 3 amide bonds. The maximum absolute atomic E-state index is 12.3. The van der Waals surface area contributed by atoms with Crippen LogP contribution in [0.5, 0.6) is 5.75 Å². The van der Waals surface area contributed by atoms with Crippen LogP contribution in [0.1, 0.15) is 44.7 Å². The Kier molecular flexibility index (Phi) is 9.32. The fourth-order valence-corrected chi connectivity index (χ4v) is 4.18. The highest BCUT2D eigenvalue weighted by Gasteiger charge is 2.22. The van der Waals surface area contributed by atoms with Crippen LogP contribution in [-0.2, 0) is 21.5 Å². The first-order valence-corrected chi connectivity index (χ1v) is 12.3. The van der Waals surface area contributed by atoms with E-state index in [0.717, 1.165) is 35.1 Å². The summed E-state index contributed by atoms with van der Waals surface area (Å²) < 4.78 is 5.29. The van der Waals surface area contributed by atoms with Gasteiger partial charge in [0.15, 0.2) is 0 Å². The van der Waals surface area contributed by atoms with Crippen molar-refractivity contribution in [2.45, 2.75) is 45.6 Å². The number of aromatic hydroxyl groups is 1. The molecule has 1 aliphatic rings. The third kappa shape index (κ3) is 7.33. The zero-order chi connectivity index (χ0) is 25.3. The van der Waals surface area contributed by atoms with Crippen molar-refractivity contribution >= 4 is 11.9 Å². The van der Waals surface area contributed by atoms with Crippen molar-refractivity contribution in [3.8, 4) is 16.9 Å². The number of ether oxygens (including phenoxy) is 1. The molecule has 0 atom stereocenters. The lowest BCUT2D eigenvalue weighted by Gasteiger charge is -2.26. The van der Waals surface area contributed by atoms with E-state index in [4.69, 9.17) is 4.74 Å². The lowest BCUT2D eigenvalue weighted by molar-refractivity contribution is -0.130. The Bertz CT molecular complexity index is 1040. The lowest BCUT2D eigenvalue weighted by atomic mass is 9.79. The van der Waals surface area contributed by atoms with Gasteiger partial charge in [-0.05, 0) is 54.0 Å². The lowest BCUT2D eigenvalue weighted by Crippen LogP contribution is -2.39. The first-order chi connectivity index (χ1) is 16.8. The first kappa shape index (κ1) is 26.3. The molecule has 7 nitrogen and oxygen atoms in total. The van der Waals surface area contributed by atoms with E-state index >= 15 is 0 Å². The Morgan fingerprint density at radius 3 is 2.54 bits per heavy atom. The Hall–Kier alpha value is -3.32. The number of amides is 3. The van der Waals surface area contributed by atoms with Gasteiger partial charge in [-0.25, -0.2) is 4.79 Å². The number of hydrogen-bond donors (Lipinski definition) is 3. The van der Waals surface area contributed by atoms with E-state index in [2.05, 4.69) is 24.5 Å². The van der Waals surface area contributed by atoms with Crippen LogP contribution >= 0.6 is 0 Å². The van der Waals surface area contributed by atoms with Gasteiger partial charge in [0.1, 0.15) is 5.75 Å². The van der Waals surface area contributed by atoms with Crippen LogP contribution in [-0.4, -0.2) is 54.8 Å². The van der Waals surface area contributed by atoms with E-state index < -0.39 is 0 Å². The summed E-state index contributed by atoms with van der Waals surface area (Å²) in [5.41, 5.74) is 3.40. The zero-order valence-corrected chi connectivity index (χ0v) is 21.0. The van der Waals surface area contributed by atoms with Gasteiger partial charge in [-0.15, -0.1) is 0 Å². The predicted molar refractivity (Wildman–Crippen MR) is 138 cm³/mol. The van der Waals surface area contributed by atoms with Crippen LogP contribution in [0.2, 0.25) is 0 Å². The second-order valence-electron chi connectivity index (χ2n) is 9.36. The van der Waals surface area contributed by atoms with Gasteiger partial charge in [0.05, 0.1) is 13.2 Å². The summed E-state index contributed by atoms with van der Waals surface area (Å²) in [5.74, 6) is 0.243. The zero-order valence-electron chi connectivity index (χ0n) is 21.0. The number of nitrogens with zero attached hydrogens (tertiary/aromatic N) is 1. The minimum absolute atomic E-state index is 0.0356. The summed E-state index contributed by atoms with van der Waals surface area (Å²) in [4.78, 5) is 25.9. The van der Waals surface area contributed by atoms with Crippen LogP contribution in [0.15, 0.2) is 54.6 Å². The van der Waals surface area contributed by atoms with E-state index in [9.17, 15) is 14.7 Å². The summed E-state index contributed by atoms with van der Waals surface area (Å²) in [6, 6.07) is 13.3. The molecule has 1 saturated heterocycles. The smallest absolute Gasteiger partial charge is 0.315 e. The van der Waals surface area contributed by atoms with E-state index in [1.807, 2.05) is 60.4 Å². The van der Waals surface area contributed by atoms with Crippen molar-refractivity contribution in [1.82, 2.24) is 15.5 Å². The summed E-state index contributed by atoms with van der Waals surface area (Å²) in [6.45, 7) is 9.57. The maximum Gasteiger partial charge on any atom is 0.315 e. The van der Waals surface area contributed by atoms with Crippen LogP contribution in [0, 0.1) is 0 Å². The summed E-state index contributed by atoms with van der Waals surface area (Å²) in [6.07, 6.45) is 5.20. The van der Waals surface area contributed by atoms with Crippen LogP contribution < -0.4 is 10.6 Å². The topological polar surface area (TPSA) is 90.9 Å². The number of morpholine rings is 1. The van der Waals surface area contributed by atoms with Crippen LogP contribution in [0.4, 0.5) is 4.79 Å². The Morgan fingerprint density at radius 2 is 1.83 bits per heavy atom. The van der Waals surface area contributed by atoms with E-state index in [0.29, 0.717) is 39.4 Å². The fraction of sp³-hybridized carbons (Fsp3) is 0.429. The Labute approximate surface area is 208 Å². The van der Waals surface area contributed by atoms with E-state index in [1.54, 1.807) is 6.08 Å². The van der Waals surface area contributed by atoms with Crippen molar-refractivity contribution < 1.29 is 19.4 Å². The van der Waals surface area contributed by atoms with Gasteiger partial charge in [-0.3, -0.25) is 4.79 Å². The summed E-state index contributed by atoms with van der Waals surface area (Å²) in [5, 5.41) is 16.5. The van der Waals surface area contributed by atoms with Crippen molar-refractivity contribution in [2.24, 2.45) is 0 Å². The Balaban J connectivity index is 1.65. The monoisotopic (exact) mass is 479 g/mol. The third-order valence-corrected chi connectivity index (χ3v) is 6.38. The fourth-order valence-electron chi connectivity index (χ4n) is 4.18. The molecule has 3 rings (SSSR count). The first-order valence-electron chi connectivity index (χ1n) is 12.3. The molecule has 0 saturated carbocycles. The molecular weight excluding hydrogens is 442 g/mol. The molecular formula is C28H37N3O4. The average Bonchev–Trinajstić information content (AvgIpc) is 2.86. The molecule has 1 heterocycles. The SMILES string of the molecule is CCNC(=O)NCc1ccccc1-c1ccc(C(C)(C)CCC=CC(=O)N2CCOCC2)cc1O. The van der Waals surface area contributed by atoms with Gasteiger partial charge in [0.25, 0.3) is 0 Å². The predicted octanol–water partition coefficient (Wildman–Crippen LogP) is 4.35. The number of carbonyl (C=O) groups is 2. The number of urea groups is 1. The van der Waals surface area contributed by atoms with Gasteiger partial charge < -0.3 is 25.4 Å². The van der Waals surface area contributed by atoms with Crippen LogP contribution in [0.25, 0.3) is 11.1 Å². The normalized spacial score (nSPS) is 14.2. The molecule has 188 valence electrons. The number of allylic oxidation sites excluding steroid dienone is 1. The molecule has 1 fully saturated rings. The number of carbonyl (C=O) groups excluding carboxylic acids is 2. The van der Waals surface area contributed by atoms with Gasteiger partial charge in [0.2, 0.25) is 5.91 Å². The van der Waals surface area contributed by atoms with Gasteiger partial charge in [-0.1, -0.05) is 56.3 Å². The number of benzene rings is 2. The van der Waals surface area contributed by atoms with Crippen molar-refractivity contribution in [1.29, 1.82) is 0 Å². The second-order valence-corrected chi connectivity index (χ2v) is 9.36. The standard InChI is InChI=1S/C28H37N3O4/c1-4-29-27(34)30-20-21-9-5-6-10-23(21)24-13-12-22(19-25(24)32)28(2,3)14-8-7-11-26(33)31-15-17-35-18-16-31/h5-7,9-13,19,32H,4,8,14-18,20H2,1-3H3,(H2,29,30,34). The third-order valence-electron chi connectivity index (χ3n) is 6.38. The Morgan fingerprint density at radius 1 is 1.09 bits per heavy atom. The molecule has 2 aromatic carbocycles. The highest BCUT2D eigenvalue weighted by atomic mass is 16.5. The molecule has 0 bridgehead atoms. The van der Waals surface area contributed by atoms with Gasteiger partial charge >= 0.3 is 6.03 Å². The molecule has 0 aliphatic carbocycles. The number of phenolic OH excluding ortho intramolecular Hbond substituents is 1. The number of hydrogen-bond acceptors (Lipinski definition) is 4. The molecule has 35 heavy (non-hydrogen) atoms. The van der Waals surface area contributed by atoms with E-state index in [-0.39, 0.29) is 23.1 Å². The minimum atomic E-state index is -0.218. The molecule has 0 aromatic heterocycles. The molecule has 2 aromatic rings. The molecule has 0 radical (unpaired) electrons. The van der Waals surface area contributed by atoms with Crippen molar-refractivity contribution in [3.63, 3.8) is 0 Å². The molecule has 1 aliphatic heterocycles. The maximum atomic E-state index is 12.3. The van der Waals surface area contributed by atoms with E-state index in [1.165, 1.54) is 0 Å². The second kappa shape index (κ2) is 12.4. The minimum Gasteiger partial charge on any atom is -0.507 e.